The van der Waals surface area contributed by atoms with E-state index in [-0.39, 0.29) is 12.2 Å². The number of likely N-dealkylation sites (N-methyl/N-ethyl adjacent to an activating group) is 1. The number of hydrogen-bond donors (Lipinski definition) is 1. The third-order valence-corrected chi connectivity index (χ3v) is 5.23. The van der Waals surface area contributed by atoms with Gasteiger partial charge >= 0.3 is 0 Å². The first-order valence-electron chi connectivity index (χ1n) is 6.88. The van der Waals surface area contributed by atoms with Crippen LogP contribution in [0.15, 0.2) is 40.2 Å². The molecule has 4 nitrogen and oxygen atoms in total. The fourth-order valence-corrected chi connectivity index (χ4v) is 3.79. The van der Waals surface area contributed by atoms with Crippen LogP contribution in [-0.4, -0.2) is 23.3 Å². The van der Waals surface area contributed by atoms with Crippen molar-refractivity contribution >= 4 is 44.6 Å². The van der Waals surface area contributed by atoms with Gasteiger partial charge in [0.2, 0.25) is 0 Å². The van der Waals surface area contributed by atoms with E-state index in [1.165, 1.54) is 16.2 Å². The van der Waals surface area contributed by atoms with Crippen LogP contribution in [0, 0.1) is 0 Å². The number of thiophene rings is 1. The highest BCUT2D eigenvalue weighted by atomic mass is 79.9. The molecule has 0 unspecified atom stereocenters. The monoisotopic (exact) mass is 379 g/mol. The van der Waals surface area contributed by atoms with Crippen LogP contribution in [0.4, 0.5) is 5.69 Å². The van der Waals surface area contributed by atoms with Gasteiger partial charge in [-0.3, -0.25) is 9.59 Å². The fraction of sp³-hybridized carbons (Fsp3) is 0.250. The Balaban J connectivity index is 2.04. The van der Waals surface area contributed by atoms with Crippen molar-refractivity contribution in [2.75, 3.05) is 11.4 Å². The third kappa shape index (κ3) is 2.31. The molecule has 0 saturated heterocycles. The van der Waals surface area contributed by atoms with Crippen molar-refractivity contribution in [2.24, 2.45) is 0 Å². The zero-order valence-corrected chi connectivity index (χ0v) is 14.3. The van der Waals surface area contributed by atoms with Crippen LogP contribution in [0.2, 0.25) is 0 Å². The maximum atomic E-state index is 12.6. The predicted molar refractivity (Wildman–Crippen MR) is 89.3 cm³/mol. The fourth-order valence-electron chi connectivity index (χ4n) is 2.76. The predicted octanol–water partition coefficient (Wildman–Crippen LogP) is 3.34. The standard InChI is InChI=1S/C16H14BrNO3S/c1-2-18-12-6-5-10(17)8-11(12)16(21,15(18)20)9-13(19)14-4-3-7-22-14/h3-8,21H,2,9H2,1H3/t16-/m0/s1. The number of halogens is 1. The zero-order chi connectivity index (χ0) is 15.9. The number of nitrogens with zero attached hydrogens (tertiary/aromatic N) is 1. The van der Waals surface area contributed by atoms with E-state index in [9.17, 15) is 14.7 Å². The summed E-state index contributed by atoms with van der Waals surface area (Å²) in [4.78, 5) is 27.1. The summed E-state index contributed by atoms with van der Waals surface area (Å²) in [7, 11) is 0. The van der Waals surface area contributed by atoms with Gasteiger partial charge in [-0.1, -0.05) is 22.0 Å². The van der Waals surface area contributed by atoms with Gasteiger partial charge in [0.25, 0.3) is 5.91 Å². The van der Waals surface area contributed by atoms with E-state index >= 15 is 0 Å². The lowest BCUT2D eigenvalue weighted by molar-refractivity contribution is -0.135. The average molecular weight is 380 g/mol. The molecule has 0 spiro atoms. The zero-order valence-electron chi connectivity index (χ0n) is 11.9. The Morgan fingerprint density at radius 2 is 2.18 bits per heavy atom. The highest BCUT2D eigenvalue weighted by Gasteiger charge is 2.50. The largest absolute Gasteiger partial charge is 0.375 e. The van der Waals surface area contributed by atoms with Crippen molar-refractivity contribution in [3.63, 3.8) is 0 Å². The van der Waals surface area contributed by atoms with E-state index in [1.807, 2.05) is 13.0 Å². The van der Waals surface area contributed by atoms with Crippen molar-refractivity contribution < 1.29 is 14.7 Å². The van der Waals surface area contributed by atoms with Gasteiger partial charge < -0.3 is 10.0 Å². The second-order valence-corrected chi connectivity index (χ2v) is 7.01. The number of rotatable bonds is 4. The lowest BCUT2D eigenvalue weighted by atomic mass is 9.89. The number of Topliss-reactive ketones (excluding diaryl/α,β-unsaturated/α-hetero) is 1. The normalized spacial score (nSPS) is 20.3. The molecule has 0 saturated carbocycles. The molecule has 1 aromatic heterocycles. The minimum absolute atomic E-state index is 0.227. The number of hydrogen-bond acceptors (Lipinski definition) is 4. The van der Waals surface area contributed by atoms with Gasteiger partial charge in [-0.15, -0.1) is 11.3 Å². The van der Waals surface area contributed by atoms with Crippen molar-refractivity contribution in [1.29, 1.82) is 0 Å². The van der Waals surface area contributed by atoms with Crippen molar-refractivity contribution in [1.82, 2.24) is 0 Å². The minimum atomic E-state index is -1.80. The Morgan fingerprint density at radius 3 is 2.82 bits per heavy atom. The lowest BCUT2D eigenvalue weighted by Crippen LogP contribution is -2.41. The van der Waals surface area contributed by atoms with Gasteiger partial charge in [-0.2, -0.15) is 0 Å². The van der Waals surface area contributed by atoms with Crippen LogP contribution in [0.25, 0.3) is 0 Å². The van der Waals surface area contributed by atoms with Crippen LogP contribution in [-0.2, 0) is 10.4 Å². The number of amides is 1. The van der Waals surface area contributed by atoms with E-state index in [4.69, 9.17) is 0 Å². The second kappa shape index (κ2) is 5.61. The number of carbonyl (C=O) groups excluding carboxylic acids is 2. The molecule has 2 aromatic rings. The summed E-state index contributed by atoms with van der Waals surface area (Å²) in [5.41, 5.74) is -0.647. The molecule has 6 heteroatoms. The molecule has 1 aliphatic heterocycles. The minimum Gasteiger partial charge on any atom is -0.375 e. The highest BCUT2D eigenvalue weighted by molar-refractivity contribution is 9.10. The summed E-state index contributed by atoms with van der Waals surface area (Å²) in [6.07, 6.45) is -0.244. The molecule has 0 radical (unpaired) electrons. The summed E-state index contributed by atoms with van der Waals surface area (Å²) in [5, 5.41) is 12.8. The average Bonchev–Trinajstić information content (AvgIpc) is 3.08. The lowest BCUT2D eigenvalue weighted by Gasteiger charge is -2.21. The molecule has 1 aliphatic rings. The van der Waals surface area contributed by atoms with Crippen molar-refractivity contribution in [3.05, 3.63) is 50.6 Å². The molecule has 0 aliphatic carbocycles. The Morgan fingerprint density at radius 1 is 1.41 bits per heavy atom. The summed E-state index contributed by atoms with van der Waals surface area (Å²) in [6.45, 7) is 2.29. The molecule has 3 rings (SSSR count). The van der Waals surface area contributed by atoms with Crippen LogP contribution in [0.1, 0.15) is 28.6 Å². The maximum Gasteiger partial charge on any atom is 0.264 e. The second-order valence-electron chi connectivity index (χ2n) is 5.15. The van der Waals surface area contributed by atoms with Crippen molar-refractivity contribution in [3.8, 4) is 0 Å². The number of aliphatic hydroxyl groups is 1. The van der Waals surface area contributed by atoms with Gasteiger partial charge in [0, 0.05) is 16.6 Å². The smallest absolute Gasteiger partial charge is 0.264 e. The van der Waals surface area contributed by atoms with E-state index in [0.717, 1.165) is 4.47 Å². The van der Waals surface area contributed by atoms with Gasteiger partial charge in [-0.05, 0) is 36.6 Å². The van der Waals surface area contributed by atoms with Crippen LogP contribution in [0.3, 0.4) is 0 Å². The highest BCUT2D eigenvalue weighted by Crippen LogP contribution is 2.44. The SMILES string of the molecule is CCN1C(=O)[C@](O)(CC(=O)c2cccs2)c2cc(Br)ccc21. The Hall–Kier alpha value is -1.50. The summed E-state index contributed by atoms with van der Waals surface area (Å²) in [5.74, 6) is -0.664. The number of benzene rings is 1. The summed E-state index contributed by atoms with van der Waals surface area (Å²) < 4.78 is 0.763. The molecule has 1 N–H and O–H groups in total. The Kier molecular flexibility index (Phi) is 3.92. The Bertz CT molecular complexity index is 744. The molecular weight excluding hydrogens is 366 g/mol. The number of ketones is 1. The molecule has 1 atom stereocenters. The van der Waals surface area contributed by atoms with Crippen LogP contribution >= 0.6 is 27.3 Å². The molecule has 0 fully saturated rings. The van der Waals surface area contributed by atoms with Crippen LogP contribution < -0.4 is 4.90 Å². The molecule has 114 valence electrons. The van der Waals surface area contributed by atoms with E-state index in [2.05, 4.69) is 15.9 Å². The molecule has 0 bridgehead atoms. The topological polar surface area (TPSA) is 57.6 Å². The summed E-state index contributed by atoms with van der Waals surface area (Å²) >= 11 is 4.67. The van der Waals surface area contributed by atoms with Gasteiger partial charge in [0.15, 0.2) is 11.4 Å². The van der Waals surface area contributed by atoms with Gasteiger partial charge in [0.1, 0.15) is 0 Å². The van der Waals surface area contributed by atoms with E-state index in [0.29, 0.717) is 22.7 Å². The molecular formula is C16H14BrNO3S. The van der Waals surface area contributed by atoms with Crippen molar-refractivity contribution in [2.45, 2.75) is 18.9 Å². The number of carbonyl (C=O) groups is 2. The summed E-state index contributed by atoms with van der Waals surface area (Å²) in [6, 6.07) is 8.80. The number of fused-ring (bicyclic) bond motifs is 1. The first kappa shape index (κ1) is 15.4. The molecule has 1 amide bonds. The van der Waals surface area contributed by atoms with Gasteiger partial charge in [0.05, 0.1) is 17.0 Å². The quantitative estimate of drug-likeness (QED) is 0.828. The first-order valence-corrected chi connectivity index (χ1v) is 8.55. The number of anilines is 1. The first-order chi connectivity index (χ1) is 10.5. The van der Waals surface area contributed by atoms with E-state index < -0.39 is 11.5 Å². The van der Waals surface area contributed by atoms with Crippen LogP contribution in [0.5, 0.6) is 0 Å². The molecule has 1 aromatic carbocycles. The molecule has 22 heavy (non-hydrogen) atoms. The molecule has 2 heterocycles. The van der Waals surface area contributed by atoms with Gasteiger partial charge in [-0.25, -0.2) is 0 Å². The van der Waals surface area contributed by atoms with E-state index in [1.54, 1.807) is 29.6 Å². The maximum absolute atomic E-state index is 12.6. The Labute approximate surface area is 140 Å². The third-order valence-electron chi connectivity index (χ3n) is 3.82.